The summed E-state index contributed by atoms with van der Waals surface area (Å²) < 4.78 is 13.9. The molecular weight excluding hydrogens is 317 g/mol. The Bertz CT molecular complexity index is 572. The van der Waals surface area contributed by atoms with Crippen LogP contribution in [0.25, 0.3) is 0 Å². The van der Waals surface area contributed by atoms with Crippen molar-refractivity contribution >= 4 is 33.2 Å². The van der Waals surface area contributed by atoms with E-state index >= 15 is 0 Å². The minimum absolute atomic E-state index is 0.276. The van der Waals surface area contributed by atoms with E-state index in [4.69, 9.17) is 11.6 Å². The smallest absolute Gasteiger partial charge is 0.139 e. The minimum atomic E-state index is -0.276. The zero-order chi connectivity index (χ0) is 13.1. The molecule has 4 heteroatoms. The van der Waals surface area contributed by atoms with Gasteiger partial charge in [0.15, 0.2) is 0 Å². The first-order valence-corrected chi connectivity index (χ1v) is 6.68. The molecule has 0 heterocycles. The summed E-state index contributed by atoms with van der Waals surface area (Å²) in [5.41, 5.74) is 2.74. The Morgan fingerprint density at radius 1 is 1.28 bits per heavy atom. The Kier molecular flexibility index (Phi) is 4.25. The van der Waals surface area contributed by atoms with Gasteiger partial charge in [-0.25, -0.2) is 4.39 Å². The van der Waals surface area contributed by atoms with Crippen LogP contribution in [0.3, 0.4) is 0 Å². The van der Waals surface area contributed by atoms with Crippen LogP contribution in [0.4, 0.5) is 10.1 Å². The Morgan fingerprint density at radius 2 is 2.00 bits per heavy atom. The highest BCUT2D eigenvalue weighted by Gasteiger charge is 2.06. The van der Waals surface area contributed by atoms with Crippen molar-refractivity contribution in [2.45, 2.75) is 13.5 Å². The van der Waals surface area contributed by atoms with E-state index in [1.54, 1.807) is 6.07 Å². The van der Waals surface area contributed by atoms with Crippen molar-refractivity contribution in [3.8, 4) is 0 Å². The molecule has 0 spiro atoms. The van der Waals surface area contributed by atoms with Crippen molar-refractivity contribution < 1.29 is 4.39 Å². The lowest BCUT2D eigenvalue weighted by atomic mass is 10.1. The second kappa shape index (κ2) is 5.72. The van der Waals surface area contributed by atoms with Crippen LogP contribution in [0.2, 0.25) is 5.02 Å². The zero-order valence-electron chi connectivity index (χ0n) is 9.81. The number of halogens is 3. The Hall–Kier alpha value is -1.06. The van der Waals surface area contributed by atoms with Crippen LogP contribution in [-0.4, -0.2) is 0 Å². The highest BCUT2D eigenvalue weighted by Crippen LogP contribution is 2.25. The van der Waals surface area contributed by atoms with E-state index < -0.39 is 0 Å². The van der Waals surface area contributed by atoms with Crippen LogP contribution in [0, 0.1) is 12.7 Å². The maximum atomic E-state index is 13.5. The summed E-state index contributed by atoms with van der Waals surface area (Å²) in [7, 11) is 0. The molecular formula is C14H12BrClFN. The Morgan fingerprint density at radius 3 is 2.72 bits per heavy atom. The van der Waals surface area contributed by atoms with Crippen molar-refractivity contribution in [1.82, 2.24) is 0 Å². The molecule has 0 fully saturated rings. The molecule has 94 valence electrons. The van der Waals surface area contributed by atoms with Crippen molar-refractivity contribution in [2.24, 2.45) is 0 Å². The second-order valence-corrected chi connectivity index (χ2v) is 5.29. The van der Waals surface area contributed by atoms with Crippen molar-refractivity contribution in [3.63, 3.8) is 0 Å². The molecule has 0 amide bonds. The zero-order valence-corrected chi connectivity index (χ0v) is 12.1. The molecule has 2 aromatic carbocycles. The van der Waals surface area contributed by atoms with Gasteiger partial charge >= 0.3 is 0 Å². The third-order valence-corrected chi connectivity index (χ3v) is 3.67. The second-order valence-electron chi connectivity index (χ2n) is 4.03. The molecule has 18 heavy (non-hydrogen) atoms. The predicted octanol–water partition coefficient (Wildman–Crippen LogP) is 5.16. The number of aryl methyl sites for hydroxylation is 1. The van der Waals surface area contributed by atoms with Crippen LogP contribution >= 0.6 is 27.5 Å². The van der Waals surface area contributed by atoms with Gasteiger partial charge in [0.1, 0.15) is 5.82 Å². The van der Waals surface area contributed by atoms with Gasteiger partial charge < -0.3 is 5.32 Å². The van der Waals surface area contributed by atoms with Gasteiger partial charge in [-0.1, -0.05) is 29.8 Å². The number of hydrogen-bond acceptors (Lipinski definition) is 1. The quantitative estimate of drug-likeness (QED) is 0.820. The van der Waals surface area contributed by atoms with E-state index in [9.17, 15) is 4.39 Å². The lowest BCUT2D eigenvalue weighted by Gasteiger charge is -2.11. The van der Waals surface area contributed by atoms with Crippen LogP contribution in [0.5, 0.6) is 0 Å². The van der Waals surface area contributed by atoms with Crippen LogP contribution in [-0.2, 0) is 6.54 Å². The number of anilines is 1. The van der Waals surface area contributed by atoms with Crippen molar-refractivity contribution in [1.29, 1.82) is 0 Å². The molecule has 0 atom stereocenters. The molecule has 0 saturated carbocycles. The molecule has 0 saturated heterocycles. The van der Waals surface area contributed by atoms with Gasteiger partial charge in [0.2, 0.25) is 0 Å². The van der Waals surface area contributed by atoms with Gasteiger partial charge in [-0.2, -0.15) is 0 Å². The summed E-state index contributed by atoms with van der Waals surface area (Å²) >= 11 is 9.23. The molecule has 0 aliphatic rings. The fraction of sp³-hybridized carbons (Fsp3) is 0.143. The topological polar surface area (TPSA) is 12.0 Å². The summed E-state index contributed by atoms with van der Waals surface area (Å²) in [5.74, 6) is -0.276. The molecule has 0 aliphatic carbocycles. The number of nitrogens with one attached hydrogen (secondary N) is 1. The largest absolute Gasteiger partial charge is 0.381 e. The first-order valence-electron chi connectivity index (χ1n) is 5.51. The van der Waals surface area contributed by atoms with Gasteiger partial charge in [-0.05, 0) is 52.2 Å². The third kappa shape index (κ3) is 3.03. The van der Waals surface area contributed by atoms with Crippen molar-refractivity contribution in [2.75, 3.05) is 5.32 Å². The number of benzene rings is 2. The summed E-state index contributed by atoms with van der Waals surface area (Å²) in [6.45, 7) is 2.50. The van der Waals surface area contributed by atoms with Crippen LogP contribution < -0.4 is 5.32 Å². The molecule has 0 aromatic heterocycles. The molecule has 2 rings (SSSR count). The molecule has 0 aliphatic heterocycles. The molecule has 0 radical (unpaired) electrons. The molecule has 0 bridgehead atoms. The normalized spacial score (nSPS) is 10.4. The van der Waals surface area contributed by atoms with E-state index in [1.807, 2.05) is 31.2 Å². The fourth-order valence-electron chi connectivity index (χ4n) is 1.67. The van der Waals surface area contributed by atoms with E-state index in [0.29, 0.717) is 16.0 Å². The molecule has 1 nitrogen and oxygen atoms in total. The highest BCUT2D eigenvalue weighted by atomic mass is 79.9. The Labute approximate surface area is 119 Å². The maximum absolute atomic E-state index is 13.5. The standard InChI is InChI=1S/C14H12BrClFN/c1-9-6-11(15)13(17)7-14(9)18-8-10-4-2-3-5-12(10)16/h2-7,18H,8H2,1H3. The lowest BCUT2D eigenvalue weighted by Crippen LogP contribution is -2.02. The third-order valence-electron chi connectivity index (χ3n) is 2.69. The SMILES string of the molecule is Cc1cc(Br)c(F)cc1NCc1ccccc1Cl. The highest BCUT2D eigenvalue weighted by molar-refractivity contribution is 9.10. The summed E-state index contributed by atoms with van der Waals surface area (Å²) in [6, 6.07) is 10.8. The van der Waals surface area contributed by atoms with Crippen LogP contribution in [0.1, 0.15) is 11.1 Å². The van der Waals surface area contributed by atoms with E-state index in [0.717, 1.165) is 16.8 Å². The monoisotopic (exact) mass is 327 g/mol. The van der Waals surface area contributed by atoms with Crippen LogP contribution in [0.15, 0.2) is 40.9 Å². The van der Waals surface area contributed by atoms with Gasteiger partial charge in [0, 0.05) is 17.3 Å². The van der Waals surface area contributed by atoms with Crippen molar-refractivity contribution in [3.05, 3.63) is 62.8 Å². The molecule has 2 aromatic rings. The average molecular weight is 329 g/mol. The van der Waals surface area contributed by atoms with E-state index in [2.05, 4.69) is 21.2 Å². The molecule has 0 unspecified atom stereocenters. The molecule has 1 N–H and O–H groups in total. The first kappa shape index (κ1) is 13.4. The summed E-state index contributed by atoms with van der Waals surface area (Å²) in [6.07, 6.45) is 0. The Balaban J connectivity index is 2.16. The van der Waals surface area contributed by atoms with E-state index in [-0.39, 0.29) is 5.82 Å². The predicted molar refractivity (Wildman–Crippen MR) is 77.6 cm³/mol. The summed E-state index contributed by atoms with van der Waals surface area (Å²) in [4.78, 5) is 0. The number of hydrogen-bond donors (Lipinski definition) is 1. The first-order chi connectivity index (χ1) is 8.58. The van der Waals surface area contributed by atoms with Gasteiger partial charge in [-0.3, -0.25) is 0 Å². The number of rotatable bonds is 3. The van der Waals surface area contributed by atoms with E-state index in [1.165, 1.54) is 6.07 Å². The fourth-order valence-corrected chi connectivity index (χ4v) is 2.33. The summed E-state index contributed by atoms with van der Waals surface area (Å²) in [5, 5.41) is 3.90. The van der Waals surface area contributed by atoms with Gasteiger partial charge in [0.05, 0.1) is 4.47 Å². The maximum Gasteiger partial charge on any atom is 0.139 e. The van der Waals surface area contributed by atoms with Gasteiger partial charge in [-0.15, -0.1) is 0 Å². The average Bonchev–Trinajstić information content (AvgIpc) is 2.34. The minimum Gasteiger partial charge on any atom is -0.381 e. The lowest BCUT2D eigenvalue weighted by molar-refractivity contribution is 0.621. The van der Waals surface area contributed by atoms with Gasteiger partial charge in [0.25, 0.3) is 0 Å².